The van der Waals surface area contributed by atoms with Gasteiger partial charge in [-0.3, -0.25) is 14.2 Å². The summed E-state index contributed by atoms with van der Waals surface area (Å²) in [5.74, 6) is -5.16. The third-order valence-electron chi connectivity index (χ3n) is 7.80. The zero-order valence-corrected chi connectivity index (χ0v) is 21.8. The number of aliphatic hydroxyl groups is 1. The molecule has 3 heterocycles. The summed E-state index contributed by atoms with van der Waals surface area (Å²) >= 11 is 0. The number of hydrogen-bond donors (Lipinski definition) is 3. The Kier molecular flexibility index (Phi) is 7.72. The Morgan fingerprint density at radius 3 is 2.54 bits per heavy atom. The topological polar surface area (TPSA) is 54.5 Å². The minimum absolute atomic E-state index is 0.0249. The summed E-state index contributed by atoms with van der Waals surface area (Å²) in [5, 5.41) is 13.3. The predicted molar refractivity (Wildman–Crippen MR) is 143 cm³/mol. The van der Waals surface area contributed by atoms with E-state index in [2.05, 4.69) is 21.8 Å². The first kappa shape index (κ1) is 27.6. The first-order valence-electron chi connectivity index (χ1n) is 13.2. The van der Waals surface area contributed by atoms with Gasteiger partial charge in [-0.25, -0.2) is 17.6 Å². The van der Waals surface area contributed by atoms with Gasteiger partial charge in [0.1, 0.15) is 18.2 Å². The van der Waals surface area contributed by atoms with E-state index < -0.39 is 42.8 Å². The van der Waals surface area contributed by atoms with Crippen LogP contribution in [-0.2, 0) is 6.42 Å². The summed E-state index contributed by atoms with van der Waals surface area (Å²) in [6.07, 6.45) is 2.53. The van der Waals surface area contributed by atoms with E-state index in [4.69, 9.17) is 0 Å². The highest BCUT2D eigenvalue weighted by molar-refractivity contribution is 5.87. The molecule has 5 rings (SSSR count). The maximum Gasteiger partial charge on any atom is 0.283 e. The Morgan fingerprint density at radius 2 is 1.90 bits per heavy atom. The molecule has 2 aliphatic heterocycles. The number of hydrogen-bond acceptors (Lipinski definition) is 4. The van der Waals surface area contributed by atoms with E-state index in [-0.39, 0.29) is 24.0 Å². The lowest BCUT2D eigenvalue weighted by atomic mass is 9.87. The average Bonchev–Trinajstić information content (AvgIpc) is 3.23. The van der Waals surface area contributed by atoms with Crippen molar-refractivity contribution in [3.8, 4) is 0 Å². The summed E-state index contributed by atoms with van der Waals surface area (Å²) in [6.45, 7) is 4.84. The second kappa shape index (κ2) is 10.9. The highest BCUT2D eigenvalue weighted by Gasteiger charge is 2.43. The molecule has 0 spiro atoms. The molecule has 1 aromatic heterocycles. The fourth-order valence-corrected chi connectivity index (χ4v) is 5.87. The number of halogens is 5. The van der Waals surface area contributed by atoms with Crippen molar-refractivity contribution < 1.29 is 27.1 Å². The quantitative estimate of drug-likeness (QED) is 0.293. The lowest BCUT2D eigenvalue weighted by Gasteiger charge is -2.42. The van der Waals surface area contributed by atoms with Crippen molar-refractivity contribution in [2.45, 2.75) is 43.8 Å². The molecule has 0 amide bonds. The van der Waals surface area contributed by atoms with Gasteiger partial charge >= 0.3 is 0 Å². The third kappa shape index (κ3) is 5.42. The van der Waals surface area contributed by atoms with Crippen molar-refractivity contribution in [1.29, 1.82) is 0 Å². The van der Waals surface area contributed by atoms with E-state index >= 15 is 8.78 Å². The van der Waals surface area contributed by atoms with Crippen molar-refractivity contribution in [2.24, 2.45) is 0 Å². The van der Waals surface area contributed by atoms with Crippen molar-refractivity contribution in [3.63, 3.8) is 0 Å². The molecule has 3 N–H and O–H groups in total. The molecule has 2 atom stereocenters. The number of fused-ring (bicyclic) bond motifs is 3. The molecule has 0 bridgehead atoms. The average molecular weight is 549 g/mol. The molecule has 210 valence electrons. The first-order chi connectivity index (χ1) is 18.6. The minimum atomic E-state index is -3.46. The molecular weight excluding hydrogens is 515 g/mol. The highest BCUT2D eigenvalue weighted by Crippen LogP contribution is 2.44. The van der Waals surface area contributed by atoms with Gasteiger partial charge in [0.15, 0.2) is 0 Å². The van der Waals surface area contributed by atoms with Gasteiger partial charge in [0.05, 0.1) is 25.3 Å². The van der Waals surface area contributed by atoms with Crippen LogP contribution in [0.1, 0.15) is 41.8 Å². The van der Waals surface area contributed by atoms with Gasteiger partial charge in [-0.15, -0.1) is 0 Å². The zero-order chi connectivity index (χ0) is 27.9. The second-order valence-electron chi connectivity index (χ2n) is 10.7. The second-order valence-corrected chi connectivity index (χ2v) is 10.7. The maximum atomic E-state index is 15.8. The van der Waals surface area contributed by atoms with Crippen LogP contribution in [0.4, 0.5) is 27.6 Å². The number of rotatable bonds is 10. The van der Waals surface area contributed by atoms with Crippen LogP contribution in [0.25, 0.3) is 17.0 Å². The van der Waals surface area contributed by atoms with E-state index in [9.17, 15) is 18.3 Å². The lowest BCUT2D eigenvalue weighted by Crippen LogP contribution is -2.54. The molecule has 1 fully saturated rings. The van der Waals surface area contributed by atoms with Crippen LogP contribution in [0, 0.1) is 11.6 Å². The fraction of sp³-hybridized carbons (Fsp3) is 0.448. The monoisotopic (exact) mass is 548 g/mol. The van der Waals surface area contributed by atoms with Crippen LogP contribution in [0.3, 0.4) is 0 Å². The lowest BCUT2D eigenvalue weighted by molar-refractivity contribution is -0.0869. The normalized spacial score (nSPS) is 20.7. The van der Waals surface area contributed by atoms with Crippen molar-refractivity contribution in [2.75, 3.05) is 44.8 Å². The Morgan fingerprint density at radius 1 is 1.18 bits per heavy atom. The van der Waals surface area contributed by atoms with Crippen LogP contribution in [0.2, 0.25) is 0 Å². The van der Waals surface area contributed by atoms with E-state index in [1.165, 1.54) is 17.0 Å². The molecule has 39 heavy (non-hydrogen) atoms. The van der Waals surface area contributed by atoms with Gasteiger partial charge in [0, 0.05) is 53.5 Å². The van der Waals surface area contributed by atoms with E-state index in [1.807, 2.05) is 18.2 Å². The summed E-state index contributed by atoms with van der Waals surface area (Å²) in [4.78, 5) is 6.67. The predicted octanol–water partition coefficient (Wildman–Crippen LogP) is 5.51. The highest BCUT2D eigenvalue weighted by atomic mass is 19.3. The number of nitrogens with zero attached hydrogens (tertiary/aromatic N) is 2. The fourth-order valence-electron chi connectivity index (χ4n) is 5.87. The van der Waals surface area contributed by atoms with Crippen molar-refractivity contribution >= 4 is 22.7 Å². The third-order valence-corrected chi connectivity index (χ3v) is 7.80. The molecule has 0 radical (unpaired) electrons. The number of aromatic amines is 1. The molecule has 2 aliphatic rings. The first-order valence-corrected chi connectivity index (χ1v) is 13.2. The Bertz CT molecular complexity index is 1330. The van der Waals surface area contributed by atoms with Gasteiger partial charge in [-0.1, -0.05) is 18.7 Å². The van der Waals surface area contributed by atoms with E-state index in [0.717, 1.165) is 22.0 Å². The molecule has 5 nitrogen and oxygen atoms in total. The molecule has 2 aromatic carbocycles. The van der Waals surface area contributed by atoms with Gasteiger partial charge in [-0.05, 0) is 55.2 Å². The smallest absolute Gasteiger partial charge is 0.283 e. The number of nitrogens with one attached hydrogen (secondary N) is 2. The van der Waals surface area contributed by atoms with Crippen LogP contribution in [-0.4, -0.2) is 77.4 Å². The molecule has 3 aromatic rings. The van der Waals surface area contributed by atoms with Gasteiger partial charge in [0.2, 0.25) is 0 Å². The largest absolute Gasteiger partial charge is 0.390 e. The number of alkyl halides is 3. The van der Waals surface area contributed by atoms with Crippen LogP contribution >= 0.6 is 0 Å². The van der Waals surface area contributed by atoms with Crippen molar-refractivity contribution in [3.05, 3.63) is 70.9 Å². The summed E-state index contributed by atoms with van der Waals surface area (Å²) in [6, 6.07) is 6.34. The van der Waals surface area contributed by atoms with Gasteiger partial charge in [0.25, 0.3) is 5.92 Å². The standard InChI is InChI=1S/C29H33F5N4O/c1-3-18-5-6-25-21(10-18)22-9-17(2)38(15-29(33,34)16-39)28(27(22)36-25)26-23(31)11-19(12-24(26)32)35-20-13-37(14-20)8-4-7-30/h3,5-6,10-12,17,20,28,35-36,39H,1,4,7-9,13-16H2,2H3. The molecular formula is C29H33F5N4O. The van der Waals surface area contributed by atoms with E-state index in [1.54, 1.807) is 13.0 Å². The Balaban J connectivity index is 1.53. The molecule has 0 saturated carbocycles. The molecule has 2 unspecified atom stereocenters. The number of aromatic nitrogens is 1. The summed E-state index contributed by atoms with van der Waals surface area (Å²) < 4.78 is 73.0. The van der Waals surface area contributed by atoms with E-state index in [0.29, 0.717) is 38.2 Å². The molecule has 0 aliphatic carbocycles. The SMILES string of the molecule is C=Cc1ccc2[nH]c3c(c2c1)CC(C)N(CC(F)(F)CO)C3c1c(F)cc(NC2CN(CCCF)C2)cc1F. The van der Waals surface area contributed by atoms with Gasteiger partial charge in [-0.2, -0.15) is 0 Å². The minimum Gasteiger partial charge on any atom is -0.390 e. The number of likely N-dealkylation sites (tertiary alicyclic amines) is 1. The van der Waals surface area contributed by atoms with Crippen LogP contribution in [0.15, 0.2) is 36.9 Å². The summed E-state index contributed by atoms with van der Waals surface area (Å²) in [5.41, 5.74) is 2.82. The number of benzene rings is 2. The molecule has 10 heteroatoms. The zero-order valence-electron chi connectivity index (χ0n) is 21.8. The van der Waals surface area contributed by atoms with Crippen LogP contribution in [0.5, 0.6) is 0 Å². The number of aliphatic hydroxyl groups excluding tert-OH is 1. The van der Waals surface area contributed by atoms with Crippen molar-refractivity contribution in [1.82, 2.24) is 14.8 Å². The Labute approximate surface area is 224 Å². The number of H-pyrrole nitrogens is 1. The summed E-state index contributed by atoms with van der Waals surface area (Å²) in [7, 11) is 0. The Hall–Kier alpha value is -2.95. The number of anilines is 1. The van der Waals surface area contributed by atoms with Crippen LogP contribution < -0.4 is 5.32 Å². The van der Waals surface area contributed by atoms with Gasteiger partial charge < -0.3 is 15.4 Å². The maximum absolute atomic E-state index is 15.8. The molecule has 1 saturated heterocycles.